The van der Waals surface area contributed by atoms with Crippen molar-refractivity contribution < 1.29 is 19.1 Å². The summed E-state index contributed by atoms with van der Waals surface area (Å²) in [7, 11) is 0. The standard InChI is InChI=1S/C21H25ClN2O4/c1-4-14(2)16-5-8-18(9-6-16)27-12-20(25)23-24-21(26)13-28-19-10-7-17(22)11-15(19)3/h5-11,14H,4,12-13H2,1-3H3,(H,23,25)(H,24,26). The van der Waals surface area contributed by atoms with Crippen LogP contribution in [0.4, 0.5) is 0 Å². The van der Waals surface area contributed by atoms with Gasteiger partial charge >= 0.3 is 0 Å². The van der Waals surface area contributed by atoms with Crippen LogP contribution in [0.2, 0.25) is 5.02 Å². The molecule has 2 amide bonds. The van der Waals surface area contributed by atoms with Gasteiger partial charge in [0.25, 0.3) is 11.8 Å². The molecule has 0 heterocycles. The first-order chi connectivity index (χ1) is 13.4. The molecule has 1 atom stereocenters. The Morgan fingerprint density at radius 2 is 1.61 bits per heavy atom. The second-order valence-corrected chi connectivity index (χ2v) is 6.90. The lowest BCUT2D eigenvalue weighted by molar-refractivity contribution is -0.131. The number of hydrazine groups is 1. The number of nitrogens with one attached hydrogen (secondary N) is 2. The Labute approximate surface area is 170 Å². The molecule has 2 rings (SSSR count). The SMILES string of the molecule is CCC(C)c1ccc(OCC(=O)NNC(=O)COc2ccc(Cl)cc2C)cc1. The predicted octanol–water partition coefficient (Wildman–Crippen LogP) is 3.77. The van der Waals surface area contributed by atoms with E-state index in [1.54, 1.807) is 18.2 Å². The van der Waals surface area contributed by atoms with Crippen LogP contribution in [-0.4, -0.2) is 25.0 Å². The maximum absolute atomic E-state index is 11.8. The summed E-state index contributed by atoms with van der Waals surface area (Å²) < 4.78 is 10.8. The molecule has 0 aliphatic rings. The van der Waals surface area contributed by atoms with Crippen molar-refractivity contribution in [3.63, 3.8) is 0 Å². The average molecular weight is 405 g/mol. The summed E-state index contributed by atoms with van der Waals surface area (Å²) in [5.41, 5.74) is 6.61. The Balaban J connectivity index is 1.69. The van der Waals surface area contributed by atoms with Gasteiger partial charge in [0.15, 0.2) is 13.2 Å². The zero-order valence-electron chi connectivity index (χ0n) is 16.3. The number of hydrogen-bond donors (Lipinski definition) is 2. The fourth-order valence-electron chi connectivity index (χ4n) is 2.41. The molecule has 0 radical (unpaired) electrons. The van der Waals surface area contributed by atoms with Crippen LogP contribution >= 0.6 is 11.6 Å². The Morgan fingerprint density at radius 1 is 1.00 bits per heavy atom. The third-order valence-electron chi connectivity index (χ3n) is 4.27. The molecular formula is C21H25ClN2O4. The van der Waals surface area contributed by atoms with Gasteiger partial charge in [0.2, 0.25) is 0 Å². The number of carbonyl (C=O) groups is 2. The van der Waals surface area contributed by atoms with Gasteiger partial charge in [-0.2, -0.15) is 0 Å². The van der Waals surface area contributed by atoms with Gasteiger partial charge in [-0.05, 0) is 60.7 Å². The van der Waals surface area contributed by atoms with Gasteiger partial charge in [-0.3, -0.25) is 20.4 Å². The second kappa shape index (κ2) is 10.6. The highest BCUT2D eigenvalue weighted by Gasteiger charge is 2.08. The fraction of sp³-hybridized carbons (Fsp3) is 0.333. The molecule has 0 saturated heterocycles. The van der Waals surface area contributed by atoms with Crippen LogP contribution in [-0.2, 0) is 9.59 Å². The Hall–Kier alpha value is -2.73. The lowest BCUT2D eigenvalue weighted by Crippen LogP contribution is -2.45. The molecule has 2 aromatic carbocycles. The third kappa shape index (κ3) is 6.78. The molecule has 0 fully saturated rings. The van der Waals surface area contributed by atoms with Crippen molar-refractivity contribution in [3.8, 4) is 11.5 Å². The van der Waals surface area contributed by atoms with E-state index in [1.807, 2.05) is 31.2 Å². The zero-order valence-corrected chi connectivity index (χ0v) is 17.0. The van der Waals surface area contributed by atoms with Crippen LogP contribution in [0.15, 0.2) is 42.5 Å². The first-order valence-corrected chi connectivity index (χ1v) is 9.46. The lowest BCUT2D eigenvalue weighted by Gasteiger charge is -2.12. The minimum Gasteiger partial charge on any atom is -0.484 e. The van der Waals surface area contributed by atoms with Crippen molar-refractivity contribution in [1.29, 1.82) is 0 Å². The molecule has 0 aromatic heterocycles. The number of halogens is 1. The monoisotopic (exact) mass is 404 g/mol. The van der Waals surface area contributed by atoms with E-state index in [4.69, 9.17) is 21.1 Å². The van der Waals surface area contributed by atoms with Crippen molar-refractivity contribution in [2.45, 2.75) is 33.1 Å². The maximum atomic E-state index is 11.8. The molecular weight excluding hydrogens is 380 g/mol. The Morgan fingerprint density at radius 3 is 2.18 bits per heavy atom. The molecule has 0 spiro atoms. The van der Waals surface area contributed by atoms with Gasteiger partial charge in [0.1, 0.15) is 11.5 Å². The molecule has 150 valence electrons. The Bertz CT molecular complexity index is 809. The van der Waals surface area contributed by atoms with Crippen LogP contribution in [0.1, 0.15) is 37.3 Å². The van der Waals surface area contributed by atoms with Crippen LogP contribution in [0, 0.1) is 6.92 Å². The van der Waals surface area contributed by atoms with Gasteiger partial charge < -0.3 is 9.47 Å². The number of amides is 2. The first kappa shape index (κ1) is 21.6. The number of hydrogen-bond acceptors (Lipinski definition) is 4. The number of benzene rings is 2. The van der Waals surface area contributed by atoms with E-state index < -0.39 is 11.8 Å². The van der Waals surface area contributed by atoms with Crippen molar-refractivity contribution in [2.75, 3.05) is 13.2 Å². The zero-order chi connectivity index (χ0) is 20.5. The number of carbonyl (C=O) groups excluding carboxylic acids is 2. The number of aryl methyl sites for hydroxylation is 1. The second-order valence-electron chi connectivity index (χ2n) is 6.46. The molecule has 2 aromatic rings. The van der Waals surface area contributed by atoms with Gasteiger partial charge in [-0.25, -0.2) is 0 Å². The highest BCUT2D eigenvalue weighted by atomic mass is 35.5. The lowest BCUT2D eigenvalue weighted by atomic mass is 9.99. The molecule has 28 heavy (non-hydrogen) atoms. The minimum atomic E-state index is -0.486. The van der Waals surface area contributed by atoms with Crippen LogP contribution in [0.5, 0.6) is 11.5 Å². The van der Waals surface area contributed by atoms with E-state index in [9.17, 15) is 9.59 Å². The van der Waals surface area contributed by atoms with Crippen molar-refractivity contribution >= 4 is 23.4 Å². The molecule has 0 aliphatic carbocycles. The van der Waals surface area contributed by atoms with E-state index in [0.717, 1.165) is 12.0 Å². The summed E-state index contributed by atoms with van der Waals surface area (Å²) in [5.74, 6) is 0.666. The number of ether oxygens (including phenoxy) is 2. The van der Waals surface area contributed by atoms with Crippen molar-refractivity contribution in [3.05, 3.63) is 58.6 Å². The molecule has 6 nitrogen and oxygen atoms in total. The van der Waals surface area contributed by atoms with Crippen molar-refractivity contribution in [2.24, 2.45) is 0 Å². The summed E-state index contributed by atoms with van der Waals surface area (Å²) in [5, 5.41) is 0.594. The van der Waals surface area contributed by atoms with Crippen LogP contribution in [0.3, 0.4) is 0 Å². The molecule has 2 N–H and O–H groups in total. The minimum absolute atomic E-state index is 0.208. The fourth-order valence-corrected chi connectivity index (χ4v) is 2.63. The van der Waals surface area contributed by atoms with E-state index in [0.29, 0.717) is 22.4 Å². The quantitative estimate of drug-likeness (QED) is 0.656. The summed E-state index contributed by atoms with van der Waals surface area (Å²) in [6, 6.07) is 12.7. The Kier molecular flexibility index (Phi) is 8.14. The molecule has 0 saturated carbocycles. The number of rotatable bonds is 8. The normalized spacial score (nSPS) is 11.4. The van der Waals surface area contributed by atoms with E-state index in [-0.39, 0.29) is 13.2 Å². The average Bonchev–Trinajstić information content (AvgIpc) is 2.69. The molecule has 0 bridgehead atoms. The van der Waals surface area contributed by atoms with E-state index >= 15 is 0 Å². The highest BCUT2D eigenvalue weighted by Crippen LogP contribution is 2.22. The largest absolute Gasteiger partial charge is 0.484 e. The van der Waals surface area contributed by atoms with Crippen LogP contribution in [0.25, 0.3) is 0 Å². The van der Waals surface area contributed by atoms with Gasteiger partial charge in [0.05, 0.1) is 0 Å². The summed E-state index contributed by atoms with van der Waals surface area (Å²) >= 11 is 5.87. The smallest absolute Gasteiger partial charge is 0.276 e. The highest BCUT2D eigenvalue weighted by molar-refractivity contribution is 6.30. The van der Waals surface area contributed by atoms with Gasteiger partial charge in [-0.15, -0.1) is 0 Å². The molecule has 7 heteroatoms. The summed E-state index contributed by atoms with van der Waals surface area (Å²) in [6.45, 7) is 5.67. The third-order valence-corrected chi connectivity index (χ3v) is 4.50. The van der Waals surface area contributed by atoms with E-state index in [1.165, 1.54) is 5.56 Å². The topological polar surface area (TPSA) is 76.7 Å². The van der Waals surface area contributed by atoms with Gasteiger partial charge in [-0.1, -0.05) is 37.6 Å². The molecule has 0 aliphatic heterocycles. The summed E-state index contributed by atoms with van der Waals surface area (Å²) in [4.78, 5) is 23.6. The van der Waals surface area contributed by atoms with E-state index in [2.05, 4.69) is 24.7 Å². The van der Waals surface area contributed by atoms with Gasteiger partial charge in [0, 0.05) is 5.02 Å². The van der Waals surface area contributed by atoms with Crippen LogP contribution < -0.4 is 20.3 Å². The maximum Gasteiger partial charge on any atom is 0.276 e. The molecule has 1 unspecified atom stereocenters. The predicted molar refractivity (Wildman–Crippen MR) is 109 cm³/mol. The first-order valence-electron chi connectivity index (χ1n) is 9.08. The van der Waals surface area contributed by atoms with Crippen molar-refractivity contribution in [1.82, 2.24) is 10.9 Å². The summed E-state index contributed by atoms with van der Waals surface area (Å²) in [6.07, 6.45) is 1.06.